The maximum Gasteiger partial charge on any atom is 0.320 e. The number of nitrogens with one attached hydrogen (secondary N) is 2. The molecule has 0 unspecified atom stereocenters. The Balaban J connectivity index is 1.30. The molecule has 134 valence electrons. The van der Waals surface area contributed by atoms with E-state index in [1.165, 1.54) is 0 Å². The smallest absolute Gasteiger partial charge is 0.320 e. The van der Waals surface area contributed by atoms with E-state index in [1.807, 2.05) is 0 Å². The highest BCUT2D eigenvalue weighted by molar-refractivity contribution is 5.88. The van der Waals surface area contributed by atoms with Crippen molar-refractivity contribution in [3.05, 3.63) is 11.8 Å². The van der Waals surface area contributed by atoms with Crippen molar-refractivity contribution < 1.29 is 14.1 Å². The van der Waals surface area contributed by atoms with Gasteiger partial charge < -0.3 is 19.5 Å². The molecule has 2 fully saturated rings. The van der Waals surface area contributed by atoms with Gasteiger partial charge in [-0.2, -0.15) is 0 Å². The zero-order valence-corrected chi connectivity index (χ0v) is 14.3. The van der Waals surface area contributed by atoms with Gasteiger partial charge in [-0.05, 0) is 25.8 Å². The fraction of sp³-hybridized carbons (Fsp3) is 0.750. The molecule has 0 radical (unpaired) electrons. The van der Waals surface area contributed by atoms with Gasteiger partial charge in [-0.15, -0.1) is 0 Å². The number of aryl methyl sites for hydroxylation is 1. The molecule has 24 heavy (non-hydrogen) atoms. The van der Waals surface area contributed by atoms with Gasteiger partial charge in [0.15, 0.2) is 5.82 Å². The van der Waals surface area contributed by atoms with Crippen molar-refractivity contribution >= 4 is 11.8 Å². The first-order chi connectivity index (χ1) is 11.7. The zero-order chi connectivity index (χ0) is 16.8. The molecule has 8 nitrogen and oxygen atoms in total. The third-order valence-electron chi connectivity index (χ3n) is 4.63. The van der Waals surface area contributed by atoms with Gasteiger partial charge in [-0.1, -0.05) is 5.16 Å². The molecular weight excluding hydrogens is 310 g/mol. The van der Waals surface area contributed by atoms with Crippen LogP contribution in [0.4, 0.5) is 10.6 Å². The number of likely N-dealkylation sites (tertiary alicyclic amines) is 1. The fourth-order valence-corrected chi connectivity index (χ4v) is 3.21. The van der Waals surface area contributed by atoms with Gasteiger partial charge in [0.25, 0.3) is 0 Å². The first-order valence-corrected chi connectivity index (χ1v) is 8.69. The number of ether oxygens (including phenoxy) is 1. The molecule has 0 aliphatic carbocycles. The van der Waals surface area contributed by atoms with Crippen LogP contribution in [0.2, 0.25) is 0 Å². The van der Waals surface area contributed by atoms with Crippen LogP contribution >= 0.6 is 0 Å². The van der Waals surface area contributed by atoms with Crippen LogP contribution in [0.15, 0.2) is 10.6 Å². The second kappa shape index (κ2) is 8.46. The van der Waals surface area contributed by atoms with E-state index in [2.05, 4.69) is 25.6 Å². The minimum Gasteiger partial charge on any atom is -0.379 e. The molecule has 2 aliphatic heterocycles. The van der Waals surface area contributed by atoms with E-state index in [4.69, 9.17) is 9.26 Å². The molecule has 0 aromatic carbocycles. The summed E-state index contributed by atoms with van der Waals surface area (Å²) in [4.78, 5) is 16.8. The van der Waals surface area contributed by atoms with Crippen molar-refractivity contribution in [3.8, 4) is 0 Å². The maximum atomic E-state index is 11.9. The van der Waals surface area contributed by atoms with E-state index in [0.29, 0.717) is 24.0 Å². The summed E-state index contributed by atoms with van der Waals surface area (Å²) in [7, 11) is 0. The number of nitrogens with zero attached hydrogens (tertiary/aromatic N) is 3. The summed E-state index contributed by atoms with van der Waals surface area (Å²) in [5.41, 5.74) is 0. The zero-order valence-electron chi connectivity index (χ0n) is 14.3. The number of anilines is 1. The van der Waals surface area contributed by atoms with Crippen molar-refractivity contribution in [1.29, 1.82) is 0 Å². The lowest BCUT2D eigenvalue weighted by Crippen LogP contribution is -2.41. The topological polar surface area (TPSA) is 82.9 Å². The Morgan fingerprint density at radius 2 is 2.08 bits per heavy atom. The quantitative estimate of drug-likeness (QED) is 0.797. The number of carbonyl (C=O) groups excluding carboxylic acids is 1. The van der Waals surface area contributed by atoms with Gasteiger partial charge in [-0.25, -0.2) is 4.79 Å². The van der Waals surface area contributed by atoms with E-state index < -0.39 is 0 Å². The lowest BCUT2D eigenvalue weighted by atomic mass is 10.1. The second-order valence-electron chi connectivity index (χ2n) is 6.57. The number of hydrogen-bond donors (Lipinski definition) is 2. The van der Waals surface area contributed by atoms with Crippen LogP contribution in [-0.2, 0) is 4.74 Å². The molecule has 0 spiro atoms. The third-order valence-corrected chi connectivity index (χ3v) is 4.63. The van der Waals surface area contributed by atoms with Crippen molar-refractivity contribution in [3.63, 3.8) is 0 Å². The van der Waals surface area contributed by atoms with Crippen LogP contribution in [0.3, 0.4) is 0 Å². The first-order valence-electron chi connectivity index (χ1n) is 8.69. The average Bonchev–Trinajstić information content (AvgIpc) is 3.21. The summed E-state index contributed by atoms with van der Waals surface area (Å²) >= 11 is 0. The summed E-state index contributed by atoms with van der Waals surface area (Å²) in [6, 6.07) is 1.47. The molecule has 2 saturated heterocycles. The minimum absolute atomic E-state index is 0.227. The highest BCUT2D eigenvalue weighted by Crippen LogP contribution is 2.15. The van der Waals surface area contributed by atoms with Gasteiger partial charge in [-0.3, -0.25) is 10.2 Å². The summed E-state index contributed by atoms with van der Waals surface area (Å²) in [6.45, 7) is 10.6. The molecule has 8 heteroatoms. The maximum absolute atomic E-state index is 11.9. The van der Waals surface area contributed by atoms with E-state index in [-0.39, 0.29) is 6.03 Å². The summed E-state index contributed by atoms with van der Waals surface area (Å²) in [5.74, 6) is 1.64. The number of aromatic nitrogens is 1. The Bertz CT molecular complexity index is 530. The van der Waals surface area contributed by atoms with Crippen LogP contribution in [0.5, 0.6) is 0 Å². The fourth-order valence-electron chi connectivity index (χ4n) is 3.21. The van der Waals surface area contributed by atoms with Gasteiger partial charge >= 0.3 is 6.03 Å². The Kier molecular flexibility index (Phi) is 6.06. The monoisotopic (exact) mass is 337 g/mol. The average molecular weight is 337 g/mol. The highest BCUT2D eigenvalue weighted by Gasteiger charge is 2.23. The SMILES string of the molecule is Cc1cc(NC(=O)NC[C@H]2CCN(CCN3CCOCC3)C2)no1. The number of urea groups is 1. The van der Waals surface area contributed by atoms with E-state index in [9.17, 15) is 4.79 Å². The van der Waals surface area contributed by atoms with Crippen LogP contribution in [-0.4, -0.2) is 80.0 Å². The van der Waals surface area contributed by atoms with Crippen molar-refractivity contribution in [1.82, 2.24) is 20.3 Å². The Morgan fingerprint density at radius 1 is 1.29 bits per heavy atom. The van der Waals surface area contributed by atoms with E-state index >= 15 is 0 Å². The number of hydrogen-bond acceptors (Lipinski definition) is 6. The minimum atomic E-state index is -0.227. The number of morpholine rings is 1. The Labute approximate surface area is 142 Å². The standard InChI is InChI=1S/C16H27N5O3/c1-13-10-15(19-24-13)18-16(22)17-11-14-2-3-21(12-14)5-4-20-6-8-23-9-7-20/h10,14H,2-9,11-12H2,1H3,(H2,17,18,19,22)/t14-/m1/s1. The molecular formula is C16H27N5O3. The molecule has 1 atom stereocenters. The first kappa shape index (κ1) is 17.2. The van der Waals surface area contributed by atoms with E-state index in [1.54, 1.807) is 13.0 Å². The van der Waals surface area contributed by atoms with Crippen LogP contribution < -0.4 is 10.6 Å². The number of rotatable bonds is 6. The second-order valence-corrected chi connectivity index (χ2v) is 6.57. The van der Waals surface area contributed by atoms with Gasteiger partial charge in [0.05, 0.1) is 13.2 Å². The lowest BCUT2D eigenvalue weighted by molar-refractivity contribution is 0.0343. The molecule has 3 rings (SSSR count). The Hall–Kier alpha value is -1.64. The highest BCUT2D eigenvalue weighted by atomic mass is 16.5. The molecule has 0 bridgehead atoms. The Morgan fingerprint density at radius 3 is 2.83 bits per heavy atom. The summed E-state index contributed by atoms with van der Waals surface area (Å²) in [5, 5.41) is 9.35. The largest absolute Gasteiger partial charge is 0.379 e. The van der Waals surface area contributed by atoms with Crippen molar-refractivity contribution in [2.45, 2.75) is 13.3 Å². The number of amides is 2. The van der Waals surface area contributed by atoms with Crippen molar-refractivity contribution in [2.75, 3.05) is 64.3 Å². The van der Waals surface area contributed by atoms with Gasteiger partial charge in [0.2, 0.25) is 0 Å². The third kappa shape index (κ3) is 5.19. The predicted molar refractivity (Wildman–Crippen MR) is 90.1 cm³/mol. The predicted octanol–water partition coefficient (Wildman–Crippen LogP) is 0.759. The van der Waals surface area contributed by atoms with Gasteiger partial charge in [0, 0.05) is 45.3 Å². The van der Waals surface area contributed by atoms with E-state index in [0.717, 1.165) is 58.9 Å². The summed E-state index contributed by atoms with van der Waals surface area (Å²) in [6.07, 6.45) is 1.13. The normalized spacial score (nSPS) is 22.6. The van der Waals surface area contributed by atoms with Crippen LogP contribution in [0.1, 0.15) is 12.2 Å². The van der Waals surface area contributed by atoms with Crippen LogP contribution in [0.25, 0.3) is 0 Å². The molecule has 0 saturated carbocycles. The molecule has 3 heterocycles. The summed E-state index contributed by atoms with van der Waals surface area (Å²) < 4.78 is 10.3. The molecule has 2 amide bonds. The number of carbonyl (C=O) groups is 1. The molecule has 2 aliphatic rings. The molecule has 1 aromatic rings. The lowest BCUT2D eigenvalue weighted by Gasteiger charge is -2.28. The van der Waals surface area contributed by atoms with Gasteiger partial charge in [0.1, 0.15) is 5.76 Å². The molecule has 2 N–H and O–H groups in total. The molecule has 1 aromatic heterocycles. The van der Waals surface area contributed by atoms with Crippen molar-refractivity contribution in [2.24, 2.45) is 5.92 Å². The van der Waals surface area contributed by atoms with Crippen LogP contribution in [0, 0.1) is 12.8 Å².